The van der Waals surface area contributed by atoms with Crippen LogP contribution >= 0.6 is 0 Å². The van der Waals surface area contributed by atoms with E-state index in [1.807, 2.05) is 36.4 Å². The van der Waals surface area contributed by atoms with Gasteiger partial charge in [-0.15, -0.1) is 0 Å². The number of hydrogen-bond donors (Lipinski definition) is 0. The molecule has 0 fully saturated rings. The zero-order valence-corrected chi connectivity index (χ0v) is 31.0. The SMILES string of the molecule is c1ccc(-c2cc(-c3ccc4cc(-c5cccc(-c6ccc7cc(-n8c9ccccc9c9ccccc98)ccc7c6)c5)ccc4c3)nc(-c3ccccc3)n2)cc1. The first-order valence-corrected chi connectivity index (χ1v) is 19.4. The molecular weight excluding hydrogens is 691 g/mol. The molecule has 0 N–H and O–H groups in total. The number of rotatable bonds is 6. The van der Waals surface area contributed by atoms with E-state index in [2.05, 4.69) is 180 Å². The van der Waals surface area contributed by atoms with Gasteiger partial charge in [-0.25, -0.2) is 9.97 Å². The Morgan fingerprint density at radius 1 is 0.281 bits per heavy atom. The lowest BCUT2D eigenvalue weighted by Gasteiger charge is -2.12. The third-order valence-electron chi connectivity index (χ3n) is 11.2. The lowest BCUT2D eigenvalue weighted by atomic mass is 9.95. The van der Waals surface area contributed by atoms with Crippen molar-refractivity contribution in [3.63, 3.8) is 0 Å². The molecule has 57 heavy (non-hydrogen) atoms. The first-order valence-electron chi connectivity index (χ1n) is 19.4. The minimum atomic E-state index is 0.720. The summed E-state index contributed by atoms with van der Waals surface area (Å²) < 4.78 is 2.38. The summed E-state index contributed by atoms with van der Waals surface area (Å²) in [5.74, 6) is 0.720. The Morgan fingerprint density at radius 2 is 0.719 bits per heavy atom. The molecule has 3 heteroatoms. The van der Waals surface area contributed by atoms with Gasteiger partial charge in [-0.3, -0.25) is 0 Å². The lowest BCUT2D eigenvalue weighted by molar-refractivity contribution is 1.18. The van der Waals surface area contributed by atoms with Crippen LogP contribution in [0.1, 0.15) is 0 Å². The third-order valence-corrected chi connectivity index (χ3v) is 11.2. The first-order chi connectivity index (χ1) is 28.2. The fourth-order valence-electron chi connectivity index (χ4n) is 8.28. The predicted molar refractivity (Wildman–Crippen MR) is 239 cm³/mol. The molecule has 0 aliphatic heterocycles. The van der Waals surface area contributed by atoms with Gasteiger partial charge in [0.2, 0.25) is 0 Å². The second-order valence-corrected chi connectivity index (χ2v) is 14.7. The van der Waals surface area contributed by atoms with Crippen LogP contribution in [0, 0.1) is 0 Å². The fourth-order valence-corrected chi connectivity index (χ4v) is 8.28. The molecule has 0 saturated heterocycles. The smallest absolute Gasteiger partial charge is 0.160 e. The highest BCUT2D eigenvalue weighted by atomic mass is 15.0. The largest absolute Gasteiger partial charge is 0.309 e. The molecule has 0 unspecified atom stereocenters. The number of aromatic nitrogens is 3. The van der Waals surface area contributed by atoms with E-state index in [9.17, 15) is 0 Å². The molecule has 11 rings (SSSR count). The summed E-state index contributed by atoms with van der Waals surface area (Å²) in [6, 6.07) is 75.9. The maximum Gasteiger partial charge on any atom is 0.160 e. The van der Waals surface area contributed by atoms with E-state index in [0.29, 0.717) is 0 Å². The van der Waals surface area contributed by atoms with Gasteiger partial charge in [0, 0.05) is 33.2 Å². The van der Waals surface area contributed by atoms with Crippen LogP contribution in [0.2, 0.25) is 0 Å². The molecule has 0 radical (unpaired) electrons. The zero-order chi connectivity index (χ0) is 37.7. The molecule has 0 atom stereocenters. The van der Waals surface area contributed by atoms with Crippen molar-refractivity contribution in [1.82, 2.24) is 14.5 Å². The zero-order valence-electron chi connectivity index (χ0n) is 31.0. The highest BCUT2D eigenvalue weighted by Gasteiger charge is 2.14. The van der Waals surface area contributed by atoms with Crippen LogP contribution in [0.3, 0.4) is 0 Å². The van der Waals surface area contributed by atoms with Gasteiger partial charge in [-0.05, 0) is 98.4 Å². The standard InChI is InChI=1S/C54H35N3/c1-3-12-36(13-4-1)50-35-51(56-54(55-50)37-14-5-2-6-15-37)46-27-26-42-31-40(22-23-43(42)33-46)38-16-11-17-39(30-38)41-24-25-45-34-47(29-28-44(45)32-41)57-52-20-9-7-18-48(52)49-19-8-10-21-53(49)57/h1-35H. The number of nitrogens with zero attached hydrogens (tertiary/aromatic N) is 3. The summed E-state index contributed by atoms with van der Waals surface area (Å²) in [7, 11) is 0. The van der Waals surface area contributed by atoms with Gasteiger partial charge in [0.05, 0.1) is 22.4 Å². The molecule has 0 aliphatic carbocycles. The van der Waals surface area contributed by atoms with Crippen LogP contribution in [0.4, 0.5) is 0 Å². The molecule has 11 aromatic rings. The van der Waals surface area contributed by atoms with E-state index in [4.69, 9.17) is 9.97 Å². The van der Waals surface area contributed by atoms with Gasteiger partial charge in [0.15, 0.2) is 5.82 Å². The first kappa shape index (κ1) is 32.8. The monoisotopic (exact) mass is 725 g/mol. The summed E-state index contributed by atoms with van der Waals surface area (Å²) in [4.78, 5) is 10.0. The molecule has 2 heterocycles. The van der Waals surface area contributed by atoms with Crippen molar-refractivity contribution in [3.8, 4) is 61.8 Å². The van der Waals surface area contributed by atoms with Gasteiger partial charge in [-0.1, -0.05) is 158 Å². The molecule has 0 spiro atoms. The fraction of sp³-hybridized carbons (Fsp3) is 0. The van der Waals surface area contributed by atoms with Gasteiger partial charge in [0.25, 0.3) is 0 Å². The Balaban J connectivity index is 0.909. The second-order valence-electron chi connectivity index (χ2n) is 14.7. The van der Waals surface area contributed by atoms with Crippen molar-refractivity contribution in [2.24, 2.45) is 0 Å². The Hall–Kier alpha value is -7.62. The van der Waals surface area contributed by atoms with Crippen LogP contribution in [-0.2, 0) is 0 Å². The van der Waals surface area contributed by atoms with E-state index in [1.165, 1.54) is 71.3 Å². The quantitative estimate of drug-likeness (QED) is 0.171. The molecule has 3 nitrogen and oxygen atoms in total. The van der Waals surface area contributed by atoms with Crippen molar-refractivity contribution in [2.45, 2.75) is 0 Å². The van der Waals surface area contributed by atoms with Crippen LogP contribution in [0.25, 0.3) is 105 Å². The van der Waals surface area contributed by atoms with Crippen LogP contribution in [0.5, 0.6) is 0 Å². The molecular formula is C54H35N3. The minimum absolute atomic E-state index is 0.720. The molecule has 0 saturated carbocycles. The van der Waals surface area contributed by atoms with E-state index in [1.54, 1.807) is 0 Å². The van der Waals surface area contributed by atoms with Gasteiger partial charge in [-0.2, -0.15) is 0 Å². The molecule has 9 aromatic carbocycles. The van der Waals surface area contributed by atoms with E-state index in [-0.39, 0.29) is 0 Å². The minimum Gasteiger partial charge on any atom is -0.309 e. The van der Waals surface area contributed by atoms with Gasteiger partial charge in [0.1, 0.15) is 0 Å². The maximum atomic E-state index is 5.05. The lowest BCUT2D eigenvalue weighted by Crippen LogP contribution is -1.95. The molecule has 266 valence electrons. The summed E-state index contributed by atoms with van der Waals surface area (Å²) in [6.45, 7) is 0. The number of para-hydroxylation sites is 2. The van der Waals surface area contributed by atoms with Crippen molar-refractivity contribution >= 4 is 43.4 Å². The molecule has 0 aliphatic rings. The summed E-state index contributed by atoms with van der Waals surface area (Å²) in [5, 5.41) is 7.35. The average molecular weight is 726 g/mol. The molecule has 0 amide bonds. The van der Waals surface area contributed by atoms with E-state index < -0.39 is 0 Å². The highest BCUT2D eigenvalue weighted by Crippen LogP contribution is 2.36. The third kappa shape index (κ3) is 5.94. The molecule has 2 aromatic heterocycles. The topological polar surface area (TPSA) is 30.7 Å². The summed E-state index contributed by atoms with van der Waals surface area (Å²) in [5.41, 5.74) is 13.3. The molecule has 0 bridgehead atoms. The summed E-state index contributed by atoms with van der Waals surface area (Å²) in [6.07, 6.45) is 0. The maximum absolute atomic E-state index is 5.05. The van der Waals surface area contributed by atoms with E-state index >= 15 is 0 Å². The number of hydrogen-bond acceptors (Lipinski definition) is 2. The Kier molecular flexibility index (Phi) is 7.82. The normalized spacial score (nSPS) is 11.5. The van der Waals surface area contributed by atoms with Crippen LogP contribution in [-0.4, -0.2) is 14.5 Å². The van der Waals surface area contributed by atoms with E-state index in [0.717, 1.165) is 33.9 Å². The second kappa shape index (κ2) is 13.6. The Labute approximate surface area is 330 Å². The number of fused-ring (bicyclic) bond motifs is 5. The van der Waals surface area contributed by atoms with Crippen molar-refractivity contribution in [1.29, 1.82) is 0 Å². The van der Waals surface area contributed by atoms with Crippen molar-refractivity contribution in [2.75, 3.05) is 0 Å². The highest BCUT2D eigenvalue weighted by molar-refractivity contribution is 6.09. The van der Waals surface area contributed by atoms with Crippen molar-refractivity contribution < 1.29 is 0 Å². The number of benzene rings is 9. The Bertz CT molecular complexity index is 3180. The van der Waals surface area contributed by atoms with Crippen LogP contribution in [0.15, 0.2) is 212 Å². The predicted octanol–water partition coefficient (Wildman–Crippen LogP) is 14.2. The Morgan fingerprint density at radius 3 is 1.33 bits per heavy atom. The average Bonchev–Trinajstić information content (AvgIpc) is 3.63. The van der Waals surface area contributed by atoms with Crippen LogP contribution < -0.4 is 0 Å². The van der Waals surface area contributed by atoms with Gasteiger partial charge < -0.3 is 4.57 Å². The van der Waals surface area contributed by atoms with Gasteiger partial charge >= 0.3 is 0 Å². The van der Waals surface area contributed by atoms with Crippen molar-refractivity contribution in [3.05, 3.63) is 212 Å². The summed E-state index contributed by atoms with van der Waals surface area (Å²) >= 11 is 0.